The van der Waals surface area contributed by atoms with Crippen LogP contribution in [-0.4, -0.2) is 17.5 Å². The summed E-state index contributed by atoms with van der Waals surface area (Å²) in [5.41, 5.74) is 2.30. The van der Waals surface area contributed by atoms with Crippen LogP contribution in [0.5, 0.6) is 5.75 Å². The third-order valence-electron chi connectivity index (χ3n) is 3.84. The SMILES string of the molecule is CCOc1ccccc1Nc1cc(C(=O)NCc2ccc(Cl)cc2)ccn1. The van der Waals surface area contributed by atoms with Gasteiger partial charge in [0.05, 0.1) is 12.3 Å². The van der Waals surface area contributed by atoms with Crippen molar-refractivity contribution in [2.24, 2.45) is 0 Å². The van der Waals surface area contributed by atoms with Gasteiger partial charge in [-0.25, -0.2) is 4.98 Å². The highest BCUT2D eigenvalue weighted by atomic mass is 35.5. The van der Waals surface area contributed by atoms with Gasteiger partial charge in [0.15, 0.2) is 0 Å². The minimum Gasteiger partial charge on any atom is -0.492 e. The molecule has 5 nitrogen and oxygen atoms in total. The van der Waals surface area contributed by atoms with Gasteiger partial charge in [-0.3, -0.25) is 4.79 Å². The summed E-state index contributed by atoms with van der Waals surface area (Å²) >= 11 is 5.87. The zero-order valence-electron chi connectivity index (χ0n) is 14.9. The number of rotatable bonds is 7. The van der Waals surface area contributed by atoms with Gasteiger partial charge in [-0.15, -0.1) is 0 Å². The van der Waals surface area contributed by atoms with Crippen molar-refractivity contribution in [2.45, 2.75) is 13.5 Å². The van der Waals surface area contributed by atoms with E-state index in [9.17, 15) is 4.79 Å². The number of carbonyl (C=O) groups is 1. The minimum atomic E-state index is -0.173. The zero-order chi connectivity index (χ0) is 19.1. The lowest BCUT2D eigenvalue weighted by Crippen LogP contribution is -2.22. The van der Waals surface area contributed by atoms with E-state index in [1.165, 1.54) is 0 Å². The molecule has 138 valence electrons. The van der Waals surface area contributed by atoms with E-state index < -0.39 is 0 Å². The highest BCUT2D eigenvalue weighted by Crippen LogP contribution is 2.26. The van der Waals surface area contributed by atoms with Gasteiger partial charge in [-0.2, -0.15) is 0 Å². The summed E-state index contributed by atoms with van der Waals surface area (Å²) in [6, 6.07) is 18.4. The molecule has 0 aliphatic rings. The Bertz CT molecular complexity index is 913. The Morgan fingerprint density at radius 3 is 2.67 bits per heavy atom. The summed E-state index contributed by atoms with van der Waals surface area (Å²) < 4.78 is 5.60. The molecule has 0 unspecified atom stereocenters. The normalized spacial score (nSPS) is 10.3. The summed E-state index contributed by atoms with van der Waals surface area (Å²) in [6.07, 6.45) is 1.60. The van der Waals surface area contributed by atoms with Gasteiger partial charge < -0.3 is 15.4 Å². The van der Waals surface area contributed by atoms with Crippen LogP contribution in [0, 0.1) is 0 Å². The topological polar surface area (TPSA) is 63.2 Å². The molecule has 2 N–H and O–H groups in total. The van der Waals surface area contributed by atoms with Gasteiger partial charge >= 0.3 is 0 Å². The first-order valence-electron chi connectivity index (χ1n) is 8.63. The van der Waals surface area contributed by atoms with E-state index in [1.807, 2.05) is 43.3 Å². The molecule has 0 bridgehead atoms. The van der Waals surface area contributed by atoms with E-state index in [1.54, 1.807) is 30.5 Å². The number of nitrogens with one attached hydrogen (secondary N) is 2. The molecule has 0 radical (unpaired) electrons. The third kappa shape index (κ3) is 5.21. The van der Waals surface area contributed by atoms with Gasteiger partial charge in [-0.1, -0.05) is 35.9 Å². The molecule has 1 amide bonds. The number of ether oxygens (including phenoxy) is 1. The molecule has 1 aromatic heterocycles. The van der Waals surface area contributed by atoms with Crippen molar-refractivity contribution in [3.05, 3.63) is 83.0 Å². The highest BCUT2D eigenvalue weighted by molar-refractivity contribution is 6.30. The molecule has 2 aromatic carbocycles. The number of benzene rings is 2. The Morgan fingerprint density at radius 2 is 1.89 bits per heavy atom. The van der Waals surface area contributed by atoms with Crippen LogP contribution in [0.3, 0.4) is 0 Å². The maximum absolute atomic E-state index is 12.4. The van der Waals surface area contributed by atoms with Crippen molar-refractivity contribution >= 4 is 29.0 Å². The van der Waals surface area contributed by atoms with E-state index in [0.717, 1.165) is 17.0 Å². The second kappa shape index (κ2) is 9.05. The van der Waals surface area contributed by atoms with Crippen LogP contribution in [0.4, 0.5) is 11.5 Å². The number of hydrogen-bond acceptors (Lipinski definition) is 4. The molecule has 1 heterocycles. The molecular formula is C21H20ClN3O2. The fourth-order valence-corrected chi connectivity index (χ4v) is 2.64. The van der Waals surface area contributed by atoms with Crippen molar-refractivity contribution in [3.8, 4) is 5.75 Å². The Kier molecular flexibility index (Phi) is 6.28. The Hall–Kier alpha value is -3.05. The van der Waals surface area contributed by atoms with E-state index in [-0.39, 0.29) is 5.91 Å². The number of nitrogens with zero attached hydrogens (tertiary/aromatic N) is 1. The molecule has 6 heteroatoms. The molecule has 0 saturated carbocycles. The first-order chi connectivity index (χ1) is 13.2. The summed E-state index contributed by atoms with van der Waals surface area (Å²) in [5.74, 6) is 1.13. The predicted octanol–water partition coefficient (Wildman–Crippen LogP) is 4.81. The van der Waals surface area contributed by atoms with Gasteiger partial charge in [-0.05, 0) is 48.9 Å². The van der Waals surface area contributed by atoms with Crippen LogP contribution in [0.2, 0.25) is 5.02 Å². The fourth-order valence-electron chi connectivity index (χ4n) is 2.52. The monoisotopic (exact) mass is 381 g/mol. The molecule has 0 saturated heterocycles. The quantitative estimate of drug-likeness (QED) is 0.616. The second-order valence-corrected chi connectivity index (χ2v) is 6.23. The van der Waals surface area contributed by atoms with Gasteiger partial charge in [0.2, 0.25) is 0 Å². The van der Waals surface area contributed by atoms with E-state index in [2.05, 4.69) is 15.6 Å². The van der Waals surface area contributed by atoms with Crippen LogP contribution in [0.25, 0.3) is 0 Å². The molecule has 0 aliphatic heterocycles. The van der Waals surface area contributed by atoms with Crippen molar-refractivity contribution in [2.75, 3.05) is 11.9 Å². The van der Waals surface area contributed by atoms with Crippen LogP contribution in [0.1, 0.15) is 22.8 Å². The van der Waals surface area contributed by atoms with Gasteiger partial charge in [0, 0.05) is 23.3 Å². The summed E-state index contributed by atoms with van der Waals surface area (Å²) in [7, 11) is 0. The summed E-state index contributed by atoms with van der Waals surface area (Å²) in [4.78, 5) is 16.7. The molecule has 0 atom stereocenters. The Balaban J connectivity index is 1.68. The van der Waals surface area contributed by atoms with E-state index >= 15 is 0 Å². The van der Waals surface area contributed by atoms with Crippen LogP contribution < -0.4 is 15.4 Å². The first-order valence-corrected chi connectivity index (χ1v) is 9.01. The van der Waals surface area contributed by atoms with Crippen LogP contribution in [-0.2, 0) is 6.54 Å². The minimum absolute atomic E-state index is 0.173. The van der Waals surface area contributed by atoms with Gasteiger partial charge in [0.1, 0.15) is 11.6 Å². The molecule has 0 spiro atoms. The molecule has 3 rings (SSSR count). The summed E-state index contributed by atoms with van der Waals surface area (Å²) in [6.45, 7) is 2.92. The zero-order valence-corrected chi connectivity index (χ0v) is 15.7. The number of anilines is 2. The largest absolute Gasteiger partial charge is 0.492 e. The Labute approximate surface area is 163 Å². The van der Waals surface area contributed by atoms with Crippen molar-refractivity contribution in [1.29, 1.82) is 0 Å². The van der Waals surface area contributed by atoms with Crippen LogP contribution in [0.15, 0.2) is 66.9 Å². The third-order valence-corrected chi connectivity index (χ3v) is 4.09. The fraction of sp³-hybridized carbons (Fsp3) is 0.143. The highest BCUT2D eigenvalue weighted by Gasteiger charge is 2.09. The summed E-state index contributed by atoms with van der Waals surface area (Å²) in [5, 5.41) is 6.77. The molecule has 0 aliphatic carbocycles. The number of pyridine rings is 1. The van der Waals surface area contributed by atoms with Crippen molar-refractivity contribution in [3.63, 3.8) is 0 Å². The number of carbonyl (C=O) groups excluding carboxylic acids is 1. The molecule has 3 aromatic rings. The number of para-hydroxylation sites is 2. The van der Waals surface area contributed by atoms with Gasteiger partial charge in [0.25, 0.3) is 5.91 Å². The predicted molar refractivity (Wildman–Crippen MR) is 108 cm³/mol. The first kappa shape index (κ1) is 18.7. The maximum Gasteiger partial charge on any atom is 0.251 e. The van der Waals surface area contributed by atoms with E-state index in [4.69, 9.17) is 16.3 Å². The molecule has 27 heavy (non-hydrogen) atoms. The van der Waals surface area contributed by atoms with Crippen molar-refractivity contribution < 1.29 is 9.53 Å². The molecular weight excluding hydrogens is 362 g/mol. The number of amides is 1. The number of aromatic nitrogens is 1. The lowest BCUT2D eigenvalue weighted by molar-refractivity contribution is 0.0951. The van der Waals surface area contributed by atoms with E-state index in [0.29, 0.717) is 29.6 Å². The molecule has 0 fully saturated rings. The maximum atomic E-state index is 12.4. The lowest BCUT2D eigenvalue weighted by atomic mass is 10.2. The smallest absolute Gasteiger partial charge is 0.251 e. The number of halogens is 1. The number of hydrogen-bond donors (Lipinski definition) is 2. The second-order valence-electron chi connectivity index (χ2n) is 5.79. The Morgan fingerprint density at radius 1 is 1.11 bits per heavy atom. The average Bonchev–Trinajstić information content (AvgIpc) is 2.69. The van der Waals surface area contributed by atoms with Crippen LogP contribution >= 0.6 is 11.6 Å². The van der Waals surface area contributed by atoms with Crippen molar-refractivity contribution in [1.82, 2.24) is 10.3 Å². The average molecular weight is 382 g/mol. The standard InChI is InChI=1S/C21H20ClN3O2/c1-2-27-19-6-4-3-5-18(19)25-20-13-16(11-12-23-20)21(26)24-14-15-7-9-17(22)10-8-15/h3-13H,2,14H2,1H3,(H,23,25)(H,24,26). The lowest BCUT2D eigenvalue weighted by Gasteiger charge is -2.12.